The fourth-order valence-corrected chi connectivity index (χ4v) is 1.46. The molecule has 0 aliphatic rings. The maximum atomic E-state index is 11.7. The summed E-state index contributed by atoms with van der Waals surface area (Å²) in [6.45, 7) is 5.57. The summed E-state index contributed by atoms with van der Waals surface area (Å²) in [5.74, 6) is -0.187. The Bertz CT molecular complexity index is 357. The van der Waals surface area contributed by atoms with Crippen LogP contribution in [0.3, 0.4) is 0 Å². The van der Waals surface area contributed by atoms with E-state index in [1.165, 1.54) is 4.68 Å². The van der Waals surface area contributed by atoms with Gasteiger partial charge in [0.05, 0.1) is 10.7 Å². The van der Waals surface area contributed by atoms with E-state index in [0.29, 0.717) is 16.4 Å². The second-order valence-corrected chi connectivity index (χ2v) is 3.88. The van der Waals surface area contributed by atoms with E-state index in [0.717, 1.165) is 0 Å². The molecule has 1 rings (SSSR count). The molecule has 1 amide bonds. The highest BCUT2D eigenvalue weighted by Crippen LogP contribution is 2.18. The third kappa shape index (κ3) is 2.07. The van der Waals surface area contributed by atoms with Crippen LogP contribution in [0.4, 0.5) is 0 Å². The summed E-state index contributed by atoms with van der Waals surface area (Å²) in [5.41, 5.74) is 1.08. The Hall–Kier alpha value is -1.03. The van der Waals surface area contributed by atoms with Crippen LogP contribution in [0.15, 0.2) is 0 Å². The molecule has 1 N–H and O–H groups in total. The van der Waals surface area contributed by atoms with Crippen molar-refractivity contribution in [1.82, 2.24) is 15.1 Å². The Labute approximate surface area is 88.2 Å². The zero-order valence-electron chi connectivity index (χ0n) is 8.76. The molecule has 0 radical (unpaired) electrons. The molecular weight excluding hydrogens is 202 g/mol. The maximum absolute atomic E-state index is 11.7. The van der Waals surface area contributed by atoms with Gasteiger partial charge in [0.2, 0.25) is 0 Å². The van der Waals surface area contributed by atoms with Gasteiger partial charge in [-0.25, -0.2) is 0 Å². The molecule has 5 heteroatoms. The number of rotatable bonds is 2. The standard InChI is InChI=1S/C9H14ClN3O/c1-5(2)11-9(14)8-7(10)6(3)12-13(8)4/h5H,1-4H3,(H,11,14). The average molecular weight is 216 g/mol. The second kappa shape index (κ2) is 4.00. The van der Waals surface area contributed by atoms with Crippen LogP contribution in [0.25, 0.3) is 0 Å². The maximum Gasteiger partial charge on any atom is 0.271 e. The van der Waals surface area contributed by atoms with E-state index >= 15 is 0 Å². The van der Waals surface area contributed by atoms with E-state index in [9.17, 15) is 4.79 Å². The number of hydrogen-bond acceptors (Lipinski definition) is 2. The average Bonchev–Trinajstić information content (AvgIpc) is 2.25. The third-order valence-corrected chi connectivity index (χ3v) is 2.24. The summed E-state index contributed by atoms with van der Waals surface area (Å²) >= 11 is 5.95. The molecule has 1 aromatic heterocycles. The largest absolute Gasteiger partial charge is 0.348 e. The van der Waals surface area contributed by atoms with E-state index in [1.807, 2.05) is 13.8 Å². The minimum atomic E-state index is -0.187. The minimum absolute atomic E-state index is 0.0915. The SMILES string of the molecule is Cc1nn(C)c(C(=O)NC(C)C)c1Cl. The molecule has 0 saturated carbocycles. The van der Waals surface area contributed by atoms with Gasteiger partial charge < -0.3 is 5.32 Å². The predicted molar refractivity (Wildman–Crippen MR) is 55.6 cm³/mol. The summed E-state index contributed by atoms with van der Waals surface area (Å²) in [5, 5.41) is 7.25. The van der Waals surface area contributed by atoms with Crippen molar-refractivity contribution in [3.63, 3.8) is 0 Å². The molecule has 1 heterocycles. The summed E-state index contributed by atoms with van der Waals surface area (Å²) in [6, 6.07) is 0.0915. The highest BCUT2D eigenvalue weighted by Gasteiger charge is 2.18. The zero-order chi connectivity index (χ0) is 10.9. The Morgan fingerprint density at radius 3 is 2.50 bits per heavy atom. The first-order valence-electron chi connectivity index (χ1n) is 4.43. The topological polar surface area (TPSA) is 46.9 Å². The lowest BCUT2D eigenvalue weighted by atomic mass is 10.3. The van der Waals surface area contributed by atoms with E-state index in [2.05, 4.69) is 10.4 Å². The lowest BCUT2D eigenvalue weighted by Crippen LogP contribution is -2.31. The minimum Gasteiger partial charge on any atom is -0.348 e. The monoisotopic (exact) mass is 215 g/mol. The van der Waals surface area contributed by atoms with Crippen molar-refractivity contribution in [2.24, 2.45) is 7.05 Å². The van der Waals surface area contributed by atoms with Crippen LogP contribution in [-0.2, 0) is 7.05 Å². The molecule has 78 valence electrons. The van der Waals surface area contributed by atoms with E-state index in [-0.39, 0.29) is 11.9 Å². The van der Waals surface area contributed by atoms with Gasteiger partial charge in [-0.05, 0) is 20.8 Å². The molecule has 0 atom stereocenters. The molecule has 0 aliphatic heterocycles. The van der Waals surface area contributed by atoms with Crippen LogP contribution in [0.1, 0.15) is 30.0 Å². The van der Waals surface area contributed by atoms with Crippen molar-refractivity contribution in [2.45, 2.75) is 26.8 Å². The number of carbonyl (C=O) groups excluding carboxylic acids is 1. The summed E-state index contributed by atoms with van der Waals surface area (Å²) in [7, 11) is 1.70. The van der Waals surface area contributed by atoms with Crippen molar-refractivity contribution in [3.8, 4) is 0 Å². The Morgan fingerprint density at radius 1 is 1.57 bits per heavy atom. The van der Waals surface area contributed by atoms with Crippen molar-refractivity contribution < 1.29 is 4.79 Å². The highest BCUT2D eigenvalue weighted by molar-refractivity contribution is 6.34. The first kappa shape index (κ1) is 11.0. The highest BCUT2D eigenvalue weighted by atomic mass is 35.5. The molecule has 0 spiro atoms. The quantitative estimate of drug-likeness (QED) is 0.813. The molecule has 0 fully saturated rings. The van der Waals surface area contributed by atoms with Crippen LogP contribution < -0.4 is 5.32 Å². The van der Waals surface area contributed by atoms with Crippen LogP contribution in [0, 0.1) is 6.92 Å². The van der Waals surface area contributed by atoms with Crippen LogP contribution in [-0.4, -0.2) is 21.7 Å². The predicted octanol–water partition coefficient (Wildman–Crippen LogP) is 1.52. The van der Waals surface area contributed by atoms with Crippen molar-refractivity contribution in [1.29, 1.82) is 0 Å². The first-order chi connectivity index (χ1) is 6.43. The number of nitrogens with zero attached hydrogens (tertiary/aromatic N) is 2. The van der Waals surface area contributed by atoms with E-state index in [1.54, 1.807) is 14.0 Å². The number of halogens is 1. The molecule has 1 aromatic rings. The molecule has 0 bridgehead atoms. The molecule has 0 saturated heterocycles. The normalized spacial score (nSPS) is 10.7. The Kier molecular flexibility index (Phi) is 3.16. The smallest absolute Gasteiger partial charge is 0.271 e. The van der Waals surface area contributed by atoms with Crippen molar-refractivity contribution in [2.75, 3.05) is 0 Å². The Morgan fingerprint density at radius 2 is 2.14 bits per heavy atom. The van der Waals surface area contributed by atoms with Gasteiger partial charge in [-0.15, -0.1) is 0 Å². The first-order valence-corrected chi connectivity index (χ1v) is 4.81. The summed E-state index contributed by atoms with van der Waals surface area (Å²) in [4.78, 5) is 11.7. The summed E-state index contributed by atoms with van der Waals surface area (Å²) in [6.07, 6.45) is 0. The van der Waals surface area contributed by atoms with Gasteiger partial charge >= 0.3 is 0 Å². The molecule has 0 aliphatic carbocycles. The second-order valence-electron chi connectivity index (χ2n) is 3.50. The molecule has 0 unspecified atom stereocenters. The molecule has 0 aromatic carbocycles. The van der Waals surface area contributed by atoms with Gasteiger partial charge in [0, 0.05) is 13.1 Å². The van der Waals surface area contributed by atoms with Gasteiger partial charge in [0.25, 0.3) is 5.91 Å². The van der Waals surface area contributed by atoms with Gasteiger partial charge in [0.15, 0.2) is 0 Å². The van der Waals surface area contributed by atoms with Crippen molar-refractivity contribution >= 4 is 17.5 Å². The van der Waals surface area contributed by atoms with Crippen LogP contribution in [0.5, 0.6) is 0 Å². The van der Waals surface area contributed by atoms with Crippen LogP contribution in [0.2, 0.25) is 5.02 Å². The van der Waals surface area contributed by atoms with Gasteiger partial charge in [-0.3, -0.25) is 9.48 Å². The number of carbonyl (C=O) groups is 1. The van der Waals surface area contributed by atoms with Crippen LogP contribution >= 0.6 is 11.6 Å². The van der Waals surface area contributed by atoms with E-state index in [4.69, 9.17) is 11.6 Å². The van der Waals surface area contributed by atoms with Crippen molar-refractivity contribution in [3.05, 3.63) is 16.4 Å². The Balaban J connectivity index is 3.00. The molecule has 14 heavy (non-hydrogen) atoms. The van der Waals surface area contributed by atoms with Gasteiger partial charge in [-0.1, -0.05) is 11.6 Å². The number of aryl methyl sites for hydroxylation is 2. The lowest BCUT2D eigenvalue weighted by molar-refractivity contribution is 0.0934. The molecular formula is C9H14ClN3O. The number of hydrogen-bond donors (Lipinski definition) is 1. The van der Waals surface area contributed by atoms with Gasteiger partial charge in [0.1, 0.15) is 5.69 Å². The lowest BCUT2D eigenvalue weighted by Gasteiger charge is -2.08. The number of aromatic nitrogens is 2. The molecule has 4 nitrogen and oxygen atoms in total. The number of amides is 1. The van der Waals surface area contributed by atoms with E-state index < -0.39 is 0 Å². The summed E-state index contributed by atoms with van der Waals surface area (Å²) < 4.78 is 1.50. The number of nitrogens with one attached hydrogen (secondary N) is 1. The third-order valence-electron chi connectivity index (χ3n) is 1.78. The van der Waals surface area contributed by atoms with Gasteiger partial charge in [-0.2, -0.15) is 5.10 Å². The fraction of sp³-hybridized carbons (Fsp3) is 0.556. The fourth-order valence-electron chi connectivity index (χ4n) is 1.21. The zero-order valence-corrected chi connectivity index (χ0v) is 9.51.